The number of furan rings is 1. The van der Waals surface area contributed by atoms with Crippen molar-refractivity contribution in [2.75, 3.05) is 7.11 Å². The number of rotatable bonds is 4. The molecule has 110 valence electrons. The third-order valence-electron chi connectivity index (χ3n) is 3.48. The molecule has 0 aliphatic rings. The van der Waals surface area contributed by atoms with Gasteiger partial charge < -0.3 is 9.15 Å². The normalized spacial score (nSPS) is 10.5. The van der Waals surface area contributed by atoms with Crippen LogP contribution in [0.3, 0.4) is 0 Å². The van der Waals surface area contributed by atoms with Gasteiger partial charge in [0.05, 0.1) is 7.11 Å². The molecular weight excluding hydrogens is 268 g/mol. The number of esters is 1. The Labute approximate surface area is 123 Å². The Morgan fingerprint density at radius 2 is 1.86 bits per heavy atom. The standard InChI is InChI=1S/C17H18O4/c1-10-7-11(2)15(12(3)18)9-13(10)8-14-5-6-16(21-14)17(19)20-4/h5-7,9H,8H2,1-4H3. The van der Waals surface area contributed by atoms with Gasteiger partial charge in [-0.05, 0) is 55.7 Å². The highest BCUT2D eigenvalue weighted by atomic mass is 16.5. The van der Waals surface area contributed by atoms with Crippen molar-refractivity contribution < 1.29 is 18.7 Å². The molecule has 2 rings (SSSR count). The number of ether oxygens (including phenoxy) is 1. The molecule has 0 unspecified atom stereocenters. The summed E-state index contributed by atoms with van der Waals surface area (Å²) in [5.74, 6) is 0.399. The highest BCUT2D eigenvalue weighted by Crippen LogP contribution is 2.21. The second-order valence-corrected chi connectivity index (χ2v) is 5.08. The number of methoxy groups -OCH3 is 1. The molecule has 2 aromatic rings. The minimum Gasteiger partial charge on any atom is -0.463 e. The zero-order valence-electron chi connectivity index (χ0n) is 12.6. The zero-order valence-corrected chi connectivity index (χ0v) is 12.6. The lowest BCUT2D eigenvalue weighted by Crippen LogP contribution is -2.01. The number of carbonyl (C=O) groups is 2. The minimum absolute atomic E-state index is 0.0449. The van der Waals surface area contributed by atoms with Crippen LogP contribution in [-0.4, -0.2) is 18.9 Å². The highest BCUT2D eigenvalue weighted by molar-refractivity contribution is 5.95. The summed E-state index contributed by atoms with van der Waals surface area (Å²) in [5.41, 5.74) is 3.79. The van der Waals surface area contributed by atoms with Gasteiger partial charge >= 0.3 is 5.97 Å². The van der Waals surface area contributed by atoms with Crippen LogP contribution in [0.5, 0.6) is 0 Å². The first-order chi connectivity index (χ1) is 9.92. The van der Waals surface area contributed by atoms with Gasteiger partial charge in [-0.2, -0.15) is 0 Å². The fourth-order valence-corrected chi connectivity index (χ4v) is 2.34. The zero-order chi connectivity index (χ0) is 15.6. The van der Waals surface area contributed by atoms with Crippen molar-refractivity contribution >= 4 is 11.8 Å². The molecule has 4 nitrogen and oxygen atoms in total. The van der Waals surface area contributed by atoms with Crippen LogP contribution in [0.25, 0.3) is 0 Å². The summed E-state index contributed by atoms with van der Waals surface area (Å²) >= 11 is 0. The molecule has 1 heterocycles. The van der Waals surface area contributed by atoms with Crippen LogP contribution < -0.4 is 0 Å². The summed E-state index contributed by atoms with van der Waals surface area (Å²) in [5, 5.41) is 0. The summed E-state index contributed by atoms with van der Waals surface area (Å²) in [4.78, 5) is 23.0. The molecule has 0 spiro atoms. The van der Waals surface area contributed by atoms with E-state index in [9.17, 15) is 9.59 Å². The van der Waals surface area contributed by atoms with E-state index in [1.165, 1.54) is 7.11 Å². The van der Waals surface area contributed by atoms with Crippen LogP contribution in [0, 0.1) is 13.8 Å². The Morgan fingerprint density at radius 1 is 1.14 bits per heavy atom. The maximum Gasteiger partial charge on any atom is 0.373 e. The van der Waals surface area contributed by atoms with Crippen LogP contribution in [0.2, 0.25) is 0 Å². The van der Waals surface area contributed by atoms with Crippen LogP contribution in [-0.2, 0) is 11.2 Å². The van der Waals surface area contributed by atoms with Crippen LogP contribution in [0.15, 0.2) is 28.7 Å². The van der Waals surface area contributed by atoms with Crippen LogP contribution >= 0.6 is 0 Å². The first-order valence-electron chi connectivity index (χ1n) is 6.70. The van der Waals surface area contributed by atoms with E-state index in [1.807, 2.05) is 26.0 Å². The van der Waals surface area contributed by atoms with Crippen molar-refractivity contribution in [1.82, 2.24) is 0 Å². The van der Waals surface area contributed by atoms with E-state index in [2.05, 4.69) is 4.74 Å². The van der Waals surface area contributed by atoms with Crippen LogP contribution in [0.1, 0.15) is 50.3 Å². The van der Waals surface area contributed by atoms with Gasteiger partial charge in [-0.3, -0.25) is 4.79 Å². The summed E-state index contributed by atoms with van der Waals surface area (Å²) in [7, 11) is 1.31. The lowest BCUT2D eigenvalue weighted by Gasteiger charge is -2.09. The number of hydrogen-bond acceptors (Lipinski definition) is 4. The molecule has 1 aromatic carbocycles. The van der Waals surface area contributed by atoms with Crippen LogP contribution in [0.4, 0.5) is 0 Å². The molecule has 0 aliphatic carbocycles. The molecule has 1 aromatic heterocycles. The van der Waals surface area contributed by atoms with Crippen molar-refractivity contribution in [3.63, 3.8) is 0 Å². The summed E-state index contributed by atoms with van der Waals surface area (Å²) in [6, 6.07) is 7.24. The minimum atomic E-state index is -0.494. The van der Waals surface area contributed by atoms with E-state index in [-0.39, 0.29) is 11.5 Å². The van der Waals surface area contributed by atoms with E-state index >= 15 is 0 Å². The number of carbonyl (C=O) groups excluding carboxylic acids is 2. The Morgan fingerprint density at radius 3 is 2.48 bits per heavy atom. The molecule has 0 saturated carbocycles. The Hall–Kier alpha value is -2.36. The van der Waals surface area contributed by atoms with Gasteiger partial charge in [0, 0.05) is 12.0 Å². The number of benzene rings is 1. The van der Waals surface area contributed by atoms with Gasteiger partial charge in [-0.15, -0.1) is 0 Å². The SMILES string of the molecule is COC(=O)c1ccc(Cc2cc(C(C)=O)c(C)cc2C)o1. The molecule has 0 saturated heterocycles. The molecule has 0 fully saturated rings. The van der Waals surface area contributed by atoms with Gasteiger partial charge in [0.1, 0.15) is 5.76 Å². The summed E-state index contributed by atoms with van der Waals surface area (Å²) in [6.45, 7) is 5.48. The molecule has 0 amide bonds. The van der Waals surface area contributed by atoms with E-state index in [0.29, 0.717) is 12.2 Å². The average molecular weight is 286 g/mol. The molecule has 0 N–H and O–H groups in total. The maximum absolute atomic E-state index is 11.6. The van der Waals surface area contributed by atoms with Crippen molar-refractivity contribution in [2.24, 2.45) is 0 Å². The van der Waals surface area contributed by atoms with Crippen molar-refractivity contribution in [3.05, 3.63) is 58.0 Å². The third kappa shape index (κ3) is 3.21. The first kappa shape index (κ1) is 15.0. The number of aryl methyl sites for hydroxylation is 2. The van der Waals surface area contributed by atoms with Crippen molar-refractivity contribution in [1.29, 1.82) is 0 Å². The first-order valence-corrected chi connectivity index (χ1v) is 6.70. The fraction of sp³-hybridized carbons (Fsp3) is 0.294. The van der Waals surface area contributed by atoms with Crippen molar-refractivity contribution in [3.8, 4) is 0 Å². The van der Waals surface area contributed by atoms with Gasteiger partial charge in [-0.1, -0.05) is 6.07 Å². The molecule has 0 atom stereocenters. The van der Waals surface area contributed by atoms with E-state index in [4.69, 9.17) is 4.42 Å². The second-order valence-electron chi connectivity index (χ2n) is 5.08. The summed E-state index contributed by atoms with van der Waals surface area (Å²) < 4.78 is 10.1. The lowest BCUT2D eigenvalue weighted by molar-refractivity contribution is 0.0563. The fourth-order valence-electron chi connectivity index (χ4n) is 2.34. The average Bonchev–Trinajstić information content (AvgIpc) is 2.89. The number of Topliss-reactive ketones (excluding diaryl/α,β-unsaturated/α-hetero) is 1. The monoisotopic (exact) mass is 286 g/mol. The number of hydrogen-bond donors (Lipinski definition) is 0. The third-order valence-corrected chi connectivity index (χ3v) is 3.48. The lowest BCUT2D eigenvalue weighted by atomic mass is 9.95. The highest BCUT2D eigenvalue weighted by Gasteiger charge is 2.13. The Bertz CT molecular complexity index is 695. The van der Waals surface area contributed by atoms with E-state index < -0.39 is 5.97 Å². The molecule has 4 heteroatoms. The topological polar surface area (TPSA) is 56.5 Å². The second kappa shape index (κ2) is 5.95. The smallest absolute Gasteiger partial charge is 0.373 e. The van der Waals surface area contributed by atoms with Gasteiger partial charge in [0.25, 0.3) is 0 Å². The molecule has 0 aliphatic heterocycles. The Balaban J connectivity index is 2.31. The number of ketones is 1. The predicted molar refractivity (Wildman–Crippen MR) is 78.8 cm³/mol. The Kier molecular flexibility index (Phi) is 4.26. The van der Waals surface area contributed by atoms with Gasteiger partial charge in [-0.25, -0.2) is 4.79 Å². The summed E-state index contributed by atoms with van der Waals surface area (Å²) in [6.07, 6.45) is 0.531. The van der Waals surface area contributed by atoms with Gasteiger partial charge in [0.15, 0.2) is 5.78 Å². The van der Waals surface area contributed by atoms with E-state index in [0.717, 1.165) is 22.3 Å². The largest absolute Gasteiger partial charge is 0.463 e. The van der Waals surface area contributed by atoms with E-state index in [1.54, 1.807) is 19.1 Å². The molecule has 0 bridgehead atoms. The molecule has 21 heavy (non-hydrogen) atoms. The van der Waals surface area contributed by atoms with Gasteiger partial charge in [0.2, 0.25) is 5.76 Å². The maximum atomic E-state index is 11.6. The molecule has 0 radical (unpaired) electrons. The quantitative estimate of drug-likeness (QED) is 0.638. The molecular formula is C17H18O4. The van der Waals surface area contributed by atoms with Crippen molar-refractivity contribution in [2.45, 2.75) is 27.2 Å². The predicted octanol–water partition coefficient (Wildman–Crippen LogP) is 3.48.